The Kier molecular flexibility index (Phi) is 6.36. The maximum Gasteiger partial charge on any atom is 0.494 e. The third-order valence-corrected chi connectivity index (χ3v) is 9.46. The minimum atomic E-state index is -0.326. The molecular weight excluding hydrogens is 438 g/mol. The van der Waals surface area contributed by atoms with Gasteiger partial charge in [0.05, 0.1) is 22.4 Å². The van der Waals surface area contributed by atoms with Gasteiger partial charge < -0.3 is 18.6 Å². The Balaban J connectivity index is 1.34. The summed E-state index contributed by atoms with van der Waals surface area (Å²) >= 11 is 0. The second-order valence-corrected chi connectivity index (χ2v) is 12.8. The highest BCUT2D eigenvalue weighted by molar-refractivity contribution is 8.76. The van der Waals surface area contributed by atoms with Crippen molar-refractivity contribution in [1.29, 1.82) is 0 Å². The van der Waals surface area contributed by atoms with Gasteiger partial charge in [0, 0.05) is 9.79 Å². The first-order chi connectivity index (χ1) is 14.8. The van der Waals surface area contributed by atoms with Crippen LogP contribution in [0.4, 0.5) is 0 Å². The number of rotatable bonds is 5. The van der Waals surface area contributed by atoms with E-state index in [1.165, 1.54) is 9.79 Å². The van der Waals surface area contributed by atoms with E-state index in [9.17, 15) is 0 Å². The van der Waals surface area contributed by atoms with Crippen molar-refractivity contribution in [2.75, 3.05) is 0 Å². The lowest BCUT2D eigenvalue weighted by Gasteiger charge is -2.32. The van der Waals surface area contributed by atoms with E-state index in [4.69, 9.17) is 18.6 Å². The summed E-state index contributed by atoms with van der Waals surface area (Å²) in [4.78, 5) is 2.37. The minimum Gasteiger partial charge on any atom is -0.399 e. The van der Waals surface area contributed by atoms with Crippen LogP contribution in [0.3, 0.4) is 0 Å². The Hall–Kier alpha value is -0.890. The first-order valence-corrected chi connectivity index (χ1v) is 13.2. The quantitative estimate of drug-likeness (QED) is 0.448. The SMILES string of the molecule is CC1(C)OB(c2ccc(SSc3ccc(B4OC(C)(C)C(C)(C)O4)cc3)cc2)OC1(C)C. The van der Waals surface area contributed by atoms with Crippen molar-refractivity contribution in [1.82, 2.24) is 0 Å². The van der Waals surface area contributed by atoms with Gasteiger partial charge in [-0.1, -0.05) is 45.9 Å². The van der Waals surface area contributed by atoms with Crippen LogP contribution in [0.15, 0.2) is 58.3 Å². The molecule has 2 heterocycles. The summed E-state index contributed by atoms with van der Waals surface area (Å²) < 4.78 is 24.6. The Morgan fingerprint density at radius 3 is 0.969 bits per heavy atom. The monoisotopic (exact) mass is 470 g/mol. The zero-order valence-electron chi connectivity index (χ0n) is 20.2. The van der Waals surface area contributed by atoms with Crippen LogP contribution < -0.4 is 10.9 Å². The maximum atomic E-state index is 6.14. The fraction of sp³-hybridized carbons (Fsp3) is 0.500. The molecule has 4 rings (SSSR count). The van der Waals surface area contributed by atoms with Gasteiger partial charge in [0.15, 0.2) is 0 Å². The molecule has 0 spiro atoms. The van der Waals surface area contributed by atoms with Gasteiger partial charge in [0.2, 0.25) is 0 Å². The second kappa shape index (κ2) is 8.40. The van der Waals surface area contributed by atoms with Crippen LogP contribution in [-0.4, -0.2) is 36.6 Å². The molecule has 2 fully saturated rings. The van der Waals surface area contributed by atoms with Gasteiger partial charge in [-0.05, 0) is 90.6 Å². The molecule has 4 nitrogen and oxygen atoms in total. The molecule has 32 heavy (non-hydrogen) atoms. The van der Waals surface area contributed by atoms with Crippen LogP contribution in [0.1, 0.15) is 55.4 Å². The number of hydrogen-bond acceptors (Lipinski definition) is 6. The first-order valence-electron chi connectivity index (χ1n) is 11.1. The molecule has 0 saturated carbocycles. The van der Waals surface area contributed by atoms with E-state index in [2.05, 4.69) is 104 Å². The molecule has 0 aliphatic carbocycles. The fourth-order valence-electron chi connectivity index (χ4n) is 3.42. The van der Waals surface area contributed by atoms with Gasteiger partial charge in [0.25, 0.3) is 0 Å². The predicted octanol–water partition coefficient (Wildman–Crippen LogP) is 5.08. The molecule has 170 valence electrons. The molecule has 0 N–H and O–H groups in total. The van der Waals surface area contributed by atoms with Crippen molar-refractivity contribution in [3.05, 3.63) is 48.5 Å². The van der Waals surface area contributed by atoms with E-state index in [0.29, 0.717) is 0 Å². The fourth-order valence-corrected chi connectivity index (χ4v) is 5.35. The van der Waals surface area contributed by atoms with E-state index in [0.717, 1.165) is 10.9 Å². The Labute approximate surface area is 201 Å². The molecule has 2 aromatic rings. The van der Waals surface area contributed by atoms with Crippen LogP contribution in [-0.2, 0) is 18.6 Å². The van der Waals surface area contributed by atoms with Crippen molar-refractivity contribution >= 4 is 46.8 Å². The lowest BCUT2D eigenvalue weighted by Crippen LogP contribution is -2.41. The van der Waals surface area contributed by atoms with Gasteiger partial charge >= 0.3 is 14.2 Å². The van der Waals surface area contributed by atoms with E-state index in [-0.39, 0.29) is 36.6 Å². The third-order valence-electron chi connectivity index (χ3n) is 7.05. The molecular formula is C24H32B2O4S2. The average Bonchev–Trinajstić information content (AvgIpc) is 3.07. The van der Waals surface area contributed by atoms with Crippen LogP contribution in [0.25, 0.3) is 0 Å². The van der Waals surface area contributed by atoms with E-state index in [1.54, 1.807) is 21.6 Å². The average molecular weight is 470 g/mol. The standard InChI is InChI=1S/C24H32B2O4S2/c1-21(2)22(3,4)28-25(27-21)17-9-13-19(14-10-17)31-32-20-15-11-18(12-16-20)26-29-23(5,6)24(7,8)30-26/h9-16H,1-8H3. The van der Waals surface area contributed by atoms with Crippen molar-refractivity contribution in [3.8, 4) is 0 Å². The Morgan fingerprint density at radius 1 is 0.469 bits per heavy atom. The molecule has 0 unspecified atom stereocenters. The molecule has 0 radical (unpaired) electrons. The predicted molar refractivity (Wildman–Crippen MR) is 136 cm³/mol. The molecule has 2 aromatic carbocycles. The lowest BCUT2D eigenvalue weighted by molar-refractivity contribution is 0.00578. The molecule has 2 saturated heterocycles. The van der Waals surface area contributed by atoms with Crippen LogP contribution in [0.2, 0.25) is 0 Å². The molecule has 2 aliphatic heterocycles. The Bertz CT molecular complexity index is 847. The van der Waals surface area contributed by atoms with Crippen LogP contribution in [0, 0.1) is 0 Å². The summed E-state index contributed by atoms with van der Waals surface area (Å²) in [5, 5.41) is 0. The summed E-state index contributed by atoms with van der Waals surface area (Å²) in [7, 11) is 2.82. The zero-order valence-corrected chi connectivity index (χ0v) is 21.9. The van der Waals surface area contributed by atoms with Crippen LogP contribution >= 0.6 is 21.6 Å². The summed E-state index contributed by atoms with van der Waals surface area (Å²) in [6.07, 6.45) is 0. The second-order valence-electron chi connectivity index (χ2n) is 10.5. The molecule has 2 aliphatic rings. The highest BCUT2D eigenvalue weighted by Gasteiger charge is 2.52. The Morgan fingerprint density at radius 2 is 0.719 bits per heavy atom. The van der Waals surface area contributed by atoms with Gasteiger partial charge in [0.1, 0.15) is 0 Å². The maximum absolute atomic E-state index is 6.14. The van der Waals surface area contributed by atoms with Crippen molar-refractivity contribution < 1.29 is 18.6 Å². The number of hydrogen-bond donors (Lipinski definition) is 0. The molecule has 0 aromatic heterocycles. The minimum absolute atomic E-state index is 0.325. The highest BCUT2D eigenvalue weighted by atomic mass is 33.1. The largest absolute Gasteiger partial charge is 0.494 e. The van der Waals surface area contributed by atoms with Crippen molar-refractivity contribution in [2.24, 2.45) is 0 Å². The number of benzene rings is 2. The van der Waals surface area contributed by atoms with Gasteiger partial charge in [-0.15, -0.1) is 0 Å². The smallest absolute Gasteiger partial charge is 0.399 e. The molecule has 0 amide bonds. The summed E-state index contributed by atoms with van der Waals surface area (Å²) in [5.74, 6) is 0. The summed E-state index contributed by atoms with van der Waals surface area (Å²) in [5.41, 5.74) is 0.787. The van der Waals surface area contributed by atoms with Gasteiger partial charge in [-0.2, -0.15) is 0 Å². The van der Waals surface area contributed by atoms with E-state index in [1.807, 2.05) is 0 Å². The van der Waals surface area contributed by atoms with E-state index >= 15 is 0 Å². The van der Waals surface area contributed by atoms with Gasteiger partial charge in [-0.25, -0.2) is 0 Å². The topological polar surface area (TPSA) is 36.9 Å². The molecule has 8 heteroatoms. The normalized spacial score (nSPS) is 23.0. The van der Waals surface area contributed by atoms with E-state index < -0.39 is 0 Å². The van der Waals surface area contributed by atoms with Crippen LogP contribution in [0.5, 0.6) is 0 Å². The zero-order chi connectivity index (χ0) is 23.4. The lowest BCUT2D eigenvalue weighted by atomic mass is 9.79. The first kappa shape index (κ1) is 24.2. The third kappa shape index (κ3) is 4.68. The molecule has 0 atom stereocenters. The molecule has 0 bridgehead atoms. The summed E-state index contributed by atoms with van der Waals surface area (Å²) in [6, 6.07) is 16.8. The summed E-state index contributed by atoms with van der Waals surface area (Å²) in [6.45, 7) is 16.6. The van der Waals surface area contributed by atoms with Gasteiger partial charge in [-0.3, -0.25) is 0 Å². The highest BCUT2D eigenvalue weighted by Crippen LogP contribution is 2.39. The van der Waals surface area contributed by atoms with Crippen molar-refractivity contribution in [2.45, 2.75) is 87.6 Å². The van der Waals surface area contributed by atoms with Crippen molar-refractivity contribution in [3.63, 3.8) is 0 Å².